The number of rotatable bonds is 4. The van der Waals surface area contributed by atoms with Gasteiger partial charge in [-0.25, -0.2) is 0 Å². The number of hydrogen-bond acceptors (Lipinski definition) is 6. The van der Waals surface area contributed by atoms with E-state index in [1.807, 2.05) is 116 Å². The van der Waals surface area contributed by atoms with E-state index in [4.69, 9.17) is 4.74 Å². The smallest absolute Gasteiger partial charge is 0.540 e. The quantitative estimate of drug-likeness (QED) is 0.156. The van der Waals surface area contributed by atoms with Gasteiger partial charge in [-0.05, 0) is 66.7 Å². The van der Waals surface area contributed by atoms with E-state index in [2.05, 4.69) is 31.0 Å². The Labute approximate surface area is 248 Å². The predicted octanol–water partition coefficient (Wildman–Crippen LogP) is 7.15. The zero-order chi connectivity index (χ0) is 27.1. The molecule has 6 aromatic rings. The topological polar surface area (TPSA) is 73.7 Å². The zero-order valence-corrected chi connectivity index (χ0v) is 23.9. The minimum Gasteiger partial charge on any atom is -0.540 e. The van der Waals surface area contributed by atoms with E-state index in [-0.39, 0.29) is 19.5 Å². The van der Waals surface area contributed by atoms with E-state index in [0.29, 0.717) is 0 Å². The van der Waals surface area contributed by atoms with Gasteiger partial charge in [-0.3, -0.25) is 19.9 Å². The second-order valence-corrected chi connectivity index (χ2v) is 8.22. The Morgan fingerprint density at radius 1 is 0.525 bits per heavy atom. The molecule has 0 spiro atoms. The van der Waals surface area contributed by atoms with Crippen LogP contribution in [0.25, 0.3) is 34.0 Å². The second-order valence-electron chi connectivity index (χ2n) is 8.22. The third-order valence-electron chi connectivity index (χ3n) is 5.39. The Balaban J connectivity index is 0.000000165. The van der Waals surface area contributed by atoms with Crippen LogP contribution in [0.15, 0.2) is 134 Å². The van der Waals surface area contributed by atoms with Gasteiger partial charge in [0.05, 0.1) is 29.9 Å². The largest absolute Gasteiger partial charge is 2.00 e. The van der Waals surface area contributed by atoms with Crippen LogP contribution < -0.4 is 4.74 Å². The maximum atomic E-state index is 5.07. The van der Waals surface area contributed by atoms with Crippen LogP contribution >= 0.6 is 0 Å². The summed E-state index contributed by atoms with van der Waals surface area (Å²) in [6.45, 7) is 2.02. The molecule has 0 atom stereocenters. The van der Waals surface area contributed by atoms with Crippen molar-refractivity contribution in [1.82, 2.24) is 24.9 Å². The predicted molar refractivity (Wildman–Crippen MR) is 155 cm³/mol. The fourth-order valence-electron chi connectivity index (χ4n) is 3.38. The minimum absolute atomic E-state index is 0. The molecule has 0 bridgehead atoms. The first-order chi connectivity index (χ1) is 19.2. The maximum absolute atomic E-state index is 5.07. The Bertz CT molecular complexity index is 1350. The van der Waals surface area contributed by atoms with Gasteiger partial charge >= 0.3 is 19.5 Å². The van der Waals surface area contributed by atoms with Gasteiger partial charge in [-0.15, -0.1) is 29.8 Å². The summed E-state index contributed by atoms with van der Waals surface area (Å²) >= 11 is 0. The average molecular weight is 612 g/mol. The molecule has 5 heterocycles. The molecule has 6 nitrogen and oxygen atoms in total. The molecule has 0 N–H and O–H groups in total. The molecule has 5 aromatic heterocycles. The van der Waals surface area contributed by atoms with Gasteiger partial charge in [-0.1, -0.05) is 36.4 Å². The van der Waals surface area contributed by atoms with Crippen molar-refractivity contribution in [2.24, 2.45) is 0 Å². The zero-order valence-electron chi connectivity index (χ0n) is 22.2. The fraction of sp³-hybridized carbons (Fsp3) is 0.0606. The van der Waals surface area contributed by atoms with Crippen molar-refractivity contribution in [3.63, 3.8) is 0 Å². The summed E-state index contributed by atoms with van der Waals surface area (Å²) in [5.74, 6) is 0.811. The normalized spacial score (nSPS) is 9.55. The maximum Gasteiger partial charge on any atom is 2.00 e. The first kappa shape index (κ1) is 29.9. The number of nitrogens with zero attached hydrogens (tertiary/aromatic N) is 5. The molecule has 0 radical (unpaired) electrons. The van der Waals surface area contributed by atoms with Crippen LogP contribution in [0.5, 0.6) is 5.75 Å². The molecule has 0 aliphatic carbocycles. The third-order valence-corrected chi connectivity index (χ3v) is 5.39. The number of pyridine rings is 5. The van der Waals surface area contributed by atoms with E-state index in [1.165, 1.54) is 0 Å². The van der Waals surface area contributed by atoms with Crippen LogP contribution in [0, 0.1) is 13.0 Å². The SMILES string of the molecule is COc1c[c-]c(-c2ccc(C)cn2)cc1.[Ru+2].c1ccc(-c2ccccn2)nc1.c1ccc(-c2ccccn2)nc1. The monoisotopic (exact) mass is 612 g/mol. The molecular weight excluding hydrogens is 583 g/mol. The molecule has 1 aromatic carbocycles. The van der Waals surface area contributed by atoms with Crippen LogP contribution in [0.2, 0.25) is 0 Å². The Morgan fingerprint density at radius 2 is 1.00 bits per heavy atom. The summed E-state index contributed by atoms with van der Waals surface area (Å²) in [7, 11) is 1.65. The van der Waals surface area contributed by atoms with Crippen LogP contribution in [0.4, 0.5) is 0 Å². The number of hydrogen-bond donors (Lipinski definition) is 0. The molecular formula is C33H28N5ORu+. The standard InChI is InChI=1S/C13H12NO.2C10H8N2.Ru/c1-10-3-8-13(14-9-10)11-4-6-12(15-2)7-5-11;2*1-3-7-11-9(5-1)10-6-2-4-8-12-10;/h3-4,6-9H,1-2H3;2*1-8H;/q-1;;;+2. The van der Waals surface area contributed by atoms with Crippen LogP contribution in [0.1, 0.15) is 5.56 Å². The van der Waals surface area contributed by atoms with Gasteiger partial charge in [-0.2, -0.15) is 0 Å². The molecule has 0 aliphatic rings. The number of aromatic nitrogens is 5. The number of benzene rings is 1. The number of aryl methyl sites for hydroxylation is 1. The summed E-state index contributed by atoms with van der Waals surface area (Å²) in [6.07, 6.45) is 8.93. The second kappa shape index (κ2) is 16.4. The van der Waals surface area contributed by atoms with E-state index in [1.54, 1.807) is 31.9 Å². The van der Waals surface area contributed by atoms with Crippen molar-refractivity contribution in [3.8, 4) is 39.8 Å². The molecule has 6 rings (SSSR count). The first-order valence-electron chi connectivity index (χ1n) is 12.4. The minimum atomic E-state index is 0. The molecule has 0 fully saturated rings. The van der Waals surface area contributed by atoms with Crippen LogP contribution in [0.3, 0.4) is 0 Å². The van der Waals surface area contributed by atoms with Crippen LogP contribution in [-0.4, -0.2) is 32.0 Å². The molecule has 0 unspecified atom stereocenters. The van der Waals surface area contributed by atoms with Crippen molar-refractivity contribution in [2.45, 2.75) is 6.92 Å². The van der Waals surface area contributed by atoms with E-state index >= 15 is 0 Å². The van der Waals surface area contributed by atoms with Crippen LogP contribution in [-0.2, 0) is 19.5 Å². The Kier molecular flexibility index (Phi) is 12.3. The summed E-state index contributed by atoms with van der Waals surface area (Å²) in [4.78, 5) is 21.1. The average Bonchev–Trinajstić information content (AvgIpc) is 3.04. The fourth-order valence-corrected chi connectivity index (χ4v) is 3.38. The van der Waals surface area contributed by atoms with Crippen molar-refractivity contribution >= 4 is 0 Å². The van der Waals surface area contributed by atoms with Crippen molar-refractivity contribution in [2.75, 3.05) is 7.11 Å². The summed E-state index contributed by atoms with van der Waals surface area (Å²) in [5, 5.41) is 0. The van der Waals surface area contributed by atoms with Gasteiger partial charge in [0, 0.05) is 36.7 Å². The summed E-state index contributed by atoms with van der Waals surface area (Å²) in [6, 6.07) is 36.0. The van der Waals surface area contributed by atoms with E-state index in [9.17, 15) is 0 Å². The van der Waals surface area contributed by atoms with E-state index in [0.717, 1.165) is 45.3 Å². The first-order valence-corrected chi connectivity index (χ1v) is 12.4. The van der Waals surface area contributed by atoms with Crippen molar-refractivity contribution in [1.29, 1.82) is 0 Å². The molecule has 0 saturated heterocycles. The van der Waals surface area contributed by atoms with E-state index < -0.39 is 0 Å². The number of ether oxygens (including phenoxy) is 1. The molecule has 40 heavy (non-hydrogen) atoms. The molecule has 0 saturated carbocycles. The number of methoxy groups -OCH3 is 1. The van der Waals surface area contributed by atoms with Gasteiger partial charge < -0.3 is 9.72 Å². The van der Waals surface area contributed by atoms with Gasteiger partial charge in [0.15, 0.2) is 0 Å². The molecule has 0 amide bonds. The summed E-state index contributed by atoms with van der Waals surface area (Å²) < 4.78 is 5.07. The van der Waals surface area contributed by atoms with Gasteiger partial charge in [0.1, 0.15) is 0 Å². The summed E-state index contributed by atoms with van der Waals surface area (Å²) in [5.41, 5.74) is 6.73. The molecule has 198 valence electrons. The Morgan fingerprint density at radius 3 is 1.30 bits per heavy atom. The molecule has 7 heteroatoms. The Hall–Kier alpha value is -4.61. The third kappa shape index (κ3) is 9.30. The van der Waals surface area contributed by atoms with Crippen molar-refractivity contribution < 1.29 is 24.2 Å². The van der Waals surface area contributed by atoms with Crippen molar-refractivity contribution in [3.05, 3.63) is 146 Å². The van der Waals surface area contributed by atoms with Gasteiger partial charge in [0.25, 0.3) is 0 Å². The molecule has 0 aliphatic heterocycles. The van der Waals surface area contributed by atoms with Gasteiger partial charge in [0.2, 0.25) is 0 Å².